The van der Waals surface area contributed by atoms with Crippen molar-refractivity contribution in [3.8, 4) is 45.3 Å². The van der Waals surface area contributed by atoms with Gasteiger partial charge in [-0.05, 0) is 206 Å². The van der Waals surface area contributed by atoms with Crippen molar-refractivity contribution in [3.63, 3.8) is 0 Å². The van der Waals surface area contributed by atoms with Gasteiger partial charge in [0.1, 0.15) is 23.0 Å². The molecule has 0 fully saturated rings. The largest absolute Gasteiger partial charge is 0.458 e. The maximum atomic E-state index is 7.17. The second-order valence-electron chi connectivity index (χ2n) is 24.8. The molecule has 6 heterocycles. The van der Waals surface area contributed by atoms with Crippen LogP contribution in [0.3, 0.4) is 0 Å². The molecule has 0 radical (unpaired) electrons. The van der Waals surface area contributed by atoms with Gasteiger partial charge in [-0.3, -0.25) is 0 Å². The highest BCUT2D eigenvalue weighted by atomic mass is 16.5. The van der Waals surface area contributed by atoms with Gasteiger partial charge in [0, 0.05) is 34.1 Å². The molecular weight excluding hydrogens is 909 g/mol. The van der Waals surface area contributed by atoms with Gasteiger partial charge in [-0.1, -0.05) is 144 Å². The molecule has 9 aromatic carbocycles. The van der Waals surface area contributed by atoms with Gasteiger partial charge in [-0.25, -0.2) is 0 Å². The van der Waals surface area contributed by atoms with Crippen LogP contribution in [0.25, 0.3) is 22.3 Å². The summed E-state index contributed by atoms with van der Waals surface area (Å²) in [7, 11) is 0. The number of rotatable bonds is 2. The van der Waals surface area contributed by atoms with Crippen molar-refractivity contribution in [1.29, 1.82) is 0 Å². The molecule has 6 aliphatic heterocycles. The lowest BCUT2D eigenvalue weighted by molar-refractivity contribution is 0.483. The molecule has 0 spiro atoms. The second-order valence-corrected chi connectivity index (χ2v) is 24.8. The number of anilines is 6. The number of ether oxygens (including phenoxy) is 2. The molecule has 0 N–H and O–H groups in total. The van der Waals surface area contributed by atoms with Gasteiger partial charge in [-0.15, -0.1) is 0 Å². The van der Waals surface area contributed by atoms with Crippen LogP contribution >= 0.6 is 0 Å². The Bertz CT molecular complexity index is 3800. The fraction of sp³-hybridized carbons (Fsp3) is 0.206. The molecule has 0 bridgehead atoms. The number of hydrogen-bond acceptors (Lipinski definition) is 4. The molecule has 0 aromatic heterocycles. The fourth-order valence-electron chi connectivity index (χ4n) is 14.7. The molecule has 7 heteroatoms. The lowest BCUT2D eigenvalue weighted by Crippen LogP contribution is -2.72. The van der Waals surface area contributed by atoms with Crippen LogP contribution in [-0.2, 0) is 10.8 Å². The van der Waals surface area contributed by atoms with E-state index in [2.05, 4.69) is 232 Å². The summed E-state index contributed by atoms with van der Waals surface area (Å²) < 4.78 is 14.3. The van der Waals surface area contributed by atoms with Crippen LogP contribution in [0.5, 0.6) is 23.0 Å². The third-order valence-electron chi connectivity index (χ3n) is 17.8. The van der Waals surface area contributed by atoms with Crippen LogP contribution in [0.4, 0.5) is 34.1 Å². The summed E-state index contributed by atoms with van der Waals surface area (Å²) in [5.74, 6) is 3.75. The zero-order valence-electron chi connectivity index (χ0n) is 45.2. The molecular formula is C68H59B3N2O2. The SMILES string of the molecule is Cc1cc(C)c(-c2ccc3c(c2)N2c4cc(C(C)(C)C)cc5c4B(c4ccccc4O5)c4cc5c6c(c42)B3c2ccc(-c3c(C)cc(C)cc3C)cc2N6c2cc(C(C)(C)C)cc3c2B5c2ccccc2O3)c(C)c1. The van der Waals surface area contributed by atoms with Crippen molar-refractivity contribution in [2.24, 2.45) is 0 Å². The number of aryl methyl sites for hydroxylation is 6. The van der Waals surface area contributed by atoms with E-state index < -0.39 is 0 Å². The number of para-hydroxylation sites is 2. The minimum absolute atomic E-state index is 0.0708. The molecule has 75 heavy (non-hydrogen) atoms. The van der Waals surface area contributed by atoms with Crippen LogP contribution in [0.15, 0.2) is 140 Å². The molecule has 0 unspecified atom stereocenters. The molecule has 0 saturated heterocycles. The first-order valence-corrected chi connectivity index (χ1v) is 27.1. The van der Waals surface area contributed by atoms with E-state index in [0.717, 1.165) is 23.0 Å². The summed E-state index contributed by atoms with van der Waals surface area (Å²) in [6.45, 7) is 27.3. The first kappa shape index (κ1) is 44.8. The number of benzene rings is 9. The molecule has 9 aromatic rings. The summed E-state index contributed by atoms with van der Waals surface area (Å²) in [5.41, 5.74) is 34.1. The Labute approximate surface area is 443 Å². The van der Waals surface area contributed by atoms with Crippen molar-refractivity contribution < 1.29 is 9.47 Å². The van der Waals surface area contributed by atoms with E-state index in [-0.39, 0.29) is 31.0 Å². The molecule has 0 atom stereocenters. The highest BCUT2D eigenvalue weighted by molar-refractivity contribution is 7.07. The summed E-state index contributed by atoms with van der Waals surface area (Å²) in [6.07, 6.45) is 0. The Morgan fingerprint density at radius 2 is 0.733 bits per heavy atom. The summed E-state index contributed by atoms with van der Waals surface area (Å²) in [5, 5.41) is 0. The predicted molar refractivity (Wildman–Crippen MR) is 320 cm³/mol. The summed E-state index contributed by atoms with van der Waals surface area (Å²) in [6, 6.07) is 54.2. The standard InChI is InChI=1S/C68H59B3N2O2/c1-36-25-38(3)60(39(4)26-36)42-21-23-46-52(29-42)72-54-31-44(67(7,8)9)33-58-62(54)70(48-17-13-15-19-56(48)74-58)50-35-51-66-64(65(50)72)69(46)47-24-22-43(61-40(5)27-37(2)28-41(61)6)30-53(47)73(66)55-32-45(68(10,11)12)34-59-63(55)71(51)49-18-14-16-20-57(49)75-59/h13-35H,1-12H3. The maximum Gasteiger partial charge on any atom is 0.256 e. The van der Waals surface area contributed by atoms with Crippen LogP contribution in [-0.4, -0.2) is 20.1 Å². The minimum atomic E-state index is -0.144. The summed E-state index contributed by atoms with van der Waals surface area (Å²) in [4.78, 5) is 5.39. The van der Waals surface area contributed by atoms with Crippen LogP contribution < -0.4 is 68.4 Å². The molecule has 15 rings (SSSR count). The van der Waals surface area contributed by atoms with E-state index in [1.807, 2.05) is 0 Å². The van der Waals surface area contributed by atoms with Gasteiger partial charge in [0.2, 0.25) is 0 Å². The summed E-state index contributed by atoms with van der Waals surface area (Å²) >= 11 is 0. The topological polar surface area (TPSA) is 24.9 Å². The van der Waals surface area contributed by atoms with Crippen molar-refractivity contribution in [3.05, 3.63) is 184 Å². The van der Waals surface area contributed by atoms with Gasteiger partial charge in [0.15, 0.2) is 0 Å². The maximum absolute atomic E-state index is 7.17. The number of nitrogens with zero attached hydrogens (tertiary/aromatic N) is 2. The van der Waals surface area contributed by atoms with Gasteiger partial charge in [-0.2, -0.15) is 0 Å². The first-order valence-electron chi connectivity index (χ1n) is 27.1. The van der Waals surface area contributed by atoms with E-state index in [1.165, 1.54) is 150 Å². The molecule has 0 aliphatic carbocycles. The third-order valence-corrected chi connectivity index (χ3v) is 17.8. The third kappa shape index (κ3) is 6.10. The van der Waals surface area contributed by atoms with E-state index in [4.69, 9.17) is 9.47 Å². The van der Waals surface area contributed by atoms with Crippen molar-refractivity contribution in [1.82, 2.24) is 0 Å². The molecule has 0 saturated carbocycles. The van der Waals surface area contributed by atoms with E-state index in [1.54, 1.807) is 0 Å². The first-order chi connectivity index (χ1) is 35.9. The molecule has 4 nitrogen and oxygen atoms in total. The van der Waals surface area contributed by atoms with Gasteiger partial charge in [0.25, 0.3) is 20.1 Å². The smallest absolute Gasteiger partial charge is 0.256 e. The van der Waals surface area contributed by atoms with Gasteiger partial charge in [0.05, 0.1) is 0 Å². The average Bonchev–Trinajstić information content (AvgIpc) is 3.56. The Balaban J connectivity index is 1.13. The lowest BCUT2D eigenvalue weighted by Gasteiger charge is -2.52. The lowest BCUT2D eigenvalue weighted by atomic mass is 9.26. The number of fused-ring (bicyclic) bond motifs is 14. The van der Waals surface area contributed by atoms with Crippen LogP contribution in [0.1, 0.15) is 86.1 Å². The molecule has 0 amide bonds. The van der Waals surface area contributed by atoms with Gasteiger partial charge < -0.3 is 19.3 Å². The van der Waals surface area contributed by atoms with E-state index in [0.29, 0.717) is 0 Å². The number of hydrogen-bond donors (Lipinski definition) is 0. The van der Waals surface area contributed by atoms with E-state index >= 15 is 0 Å². The quantitative estimate of drug-likeness (QED) is 0.161. The minimum Gasteiger partial charge on any atom is -0.458 e. The van der Waals surface area contributed by atoms with Crippen LogP contribution in [0.2, 0.25) is 0 Å². The van der Waals surface area contributed by atoms with Crippen molar-refractivity contribution in [2.75, 3.05) is 9.80 Å². The molecule has 362 valence electrons. The zero-order valence-corrected chi connectivity index (χ0v) is 45.2. The fourth-order valence-corrected chi connectivity index (χ4v) is 14.7. The Morgan fingerprint density at radius 3 is 1.13 bits per heavy atom. The second kappa shape index (κ2) is 15.0. The van der Waals surface area contributed by atoms with Crippen LogP contribution in [0, 0.1) is 41.5 Å². The monoisotopic (exact) mass is 968 g/mol. The average molecular weight is 969 g/mol. The van der Waals surface area contributed by atoms with Gasteiger partial charge >= 0.3 is 0 Å². The zero-order chi connectivity index (χ0) is 51.5. The van der Waals surface area contributed by atoms with Crippen molar-refractivity contribution >= 4 is 103 Å². The normalized spacial score (nSPS) is 14.5. The highest BCUT2D eigenvalue weighted by Crippen LogP contribution is 2.51. The Hall–Kier alpha value is -7.63. The highest BCUT2D eigenvalue weighted by Gasteiger charge is 2.55. The van der Waals surface area contributed by atoms with Crippen molar-refractivity contribution in [2.45, 2.75) is 93.9 Å². The Kier molecular flexibility index (Phi) is 8.98. The van der Waals surface area contributed by atoms with E-state index in [9.17, 15) is 0 Å². The predicted octanol–water partition coefficient (Wildman–Crippen LogP) is 11.4. The Morgan fingerprint density at radius 1 is 0.347 bits per heavy atom. The molecule has 6 aliphatic rings.